The van der Waals surface area contributed by atoms with Crippen LogP contribution in [-0.2, 0) is 10.0 Å². The third-order valence-electron chi connectivity index (χ3n) is 4.24. The largest absolute Gasteiger partial charge is 0.478 e. The number of hydrogen-bond acceptors (Lipinski definition) is 4. The summed E-state index contributed by atoms with van der Waals surface area (Å²) in [5.74, 6) is -1.10. The van der Waals surface area contributed by atoms with Crippen molar-refractivity contribution in [1.29, 1.82) is 0 Å². The molecule has 0 aromatic heterocycles. The number of aromatic carboxylic acids is 1. The van der Waals surface area contributed by atoms with Crippen LogP contribution in [0.3, 0.4) is 0 Å². The van der Waals surface area contributed by atoms with Crippen molar-refractivity contribution in [3.63, 3.8) is 0 Å². The Balaban J connectivity index is 2.36. The molecule has 2 rings (SSSR count). The standard InChI is InChI=1S/C20H26N2O4S/c1-5-6-9-22(4)19-8-7-16(13-18(19)20(23)24)21-27(25,26)17-11-14(2)10-15(3)12-17/h7-8,10-13,21H,5-6,9H2,1-4H3,(H,23,24). The molecule has 0 saturated carbocycles. The van der Waals surface area contributed by atoms with Crippen molar-refractivity contribution in [2.24, 2.45) is 0 Å². The minimum absolute atomic E-state index is 0.0641. The number of nitrogens with zero attached hydrogens (tertiary/aromatic N) is 1. The maximum Gasteiger partial charge on any atom is 0.337 e. The van der Waals surface area contributed by atoms with E-state index >= 15 is 0 Å². The van der Waals surface area contributed by atoms with Crippen molar-refractivity contribution in [2.45, 2.75) is 38.5 Å². The molecular weight excluding hydrogens is 364 g/mol. The highest BCUT2D eigenvalue weighted by Crippen LogP contribution is 2.26. The number of benzene rings is 2. The summed E-state index contributed by atoms with van der Waals surface area (Å²) in [6, 6.07) is 9.65. The number of aryl methyl sites for hydroxylation is 2. The molecule has 0 amide bonds. The van der Waals surface area contributed by atoms with E-state index in [1.165, 1.54) is 6.07 Å². The predicted octanol–water partition coefficient (Wildman–Crippen LogP) is 4.04. The lowest BCUT2D eigenvalue weighted by Gasteiger charge is -2.21. The fourth-order valence-corrected chi connectivity index (χ4v) is 4.16. The summed E-state index contributed by atoms with van der Waals surface area (Å²) in [4.78, 5) is 13.7. The maximum atomic E-state index is 12.7. The van der Waals surface area contributed by atoms with Gasteiger partial charge in [-0.15, -0.1) is 0 Å². The lowest BCUT2D eigenvalue weighted by molar-refractivity contribution is 0.0697. The van der Waals surface area contributed by atoms with Crippen LogP contribution in [0.2, 0.25) is 0 Å². The Morgan fingerprint density at radius 1 is 1.11 bits per heavy atom. The summed E-state index contributed by atoms with van der Waals surface area (Å²) in [5, 5.41) is 9.55. The van der Waals surface area contributed by atoms with Gasteiger partial charge in [-0.2, -0.15) is 0 Å². The second-order valence-corrected chi connectivity index (χ2v) is 8.42. The molecule has 0 radical (unpaired) electrons. The van der Waals surface area contributed by atoms with Gasteiger partial charge >= 0.3 is 5.97 Å². The molecule has 0 spiro atoms. The normalized spacial score (nSPS) is 11.3. The molecule has 146 valence electrons. The van der Waals surface area contributed by atoms with Gasteiger partial charge < -0.3 is 10.0 Å². The van der Waals surface area contributed by atoms with Crippen LogP contribution in [0, 0.1) is 13.8 Å². The molecule has 2 aromatic rings. The fraction of sp³-hybridized carbons (Fsp3) is 0.350. The maximum absolute atomic E-state index is 12.7. The van der Waals surface area contributed by atoms with Gasteiger partial charge in [0, 0.05) is 19.3 Å². The smallest absolute Gasteiger partial charge is 0.337 e. The first-order valence-electron chi connectivity index (χ1n) is 8.83. The third-order valence-corrected chi connectivity index (χ3v) is 5.60. The molecule has 0 atom stereocenters. The van der Waals surface area contributed by atoms with Gasteiger partial charge in [-0.3, -0.25) is 4.72 Å². The zero-order valence-electron chi connectivity index (χ0n) is 16.1. The van der Waals surface area contributed by atoms with Gasteiger partial charge in [0.15, 0.2) is 0 Å². The van der Waals surface area contributed by atoms with E-state index < -0.39 is 16.0 Å². The van der Waals surface area contributed by atoms with Gasteiger partial charge in [0.1, 0.15) is 0 Å². The van der Waals surface area contributed by atoms with Gasteiger partial charge in [-0.05, 0) is 61.7 Å². The van der Waals surface area contributed by atoms with Crippen LogP contribution < -0.4 is 9.62 Å². The number of nitrogens with one attached hydrogen (secondary N) is 1. The zero-order valence-corrected chi connectivity index (χ0v) is 16.9. The van der Waals surface area contributed by atoms with Gasteiger partial charge in [-0.25, -0.2) is 13.2 Å². The number of rotatable bonds is 8. The monoisotopic (exact) mass is 390 g/mol. The first-order valence-corrected chi connectivity index (χ1v) is 10.3. The Kier molecular flexibility index (Phi) is 6.49. The molecule has 2 N–H and O–H groups in total. The topological polar surface area (TPSA) is 86.7 Å². The number of carbonyl (C=O) groups is 1. The molecule has 0 aliphatic heterocycles. The van der Waals surface area contributed by atoms with Gasteiger partial charge in [0.05, 0.1) is 16.1 Å². The van der Waals surface area contributed by atoms with Gasteiger partial charge in [0.2, 0.25) is 0 Å². The Bertz CT molecular complexity index is 919. The minimum Gasteiger partial charge on any atom is -0.478 e. The van der Waals surface area contributed by atoms with Crippen LogP contribution in [0.25, 0.3) is 0 Å². The zero-order chi connectivity index (χ0) is 20.2. The summed E-state index contributed by atoms with van der Waals surface area (Å²) in [6.07, 6.45) is 1.94. The molecule has 2 aromatic carbocycles. The highest BCUT2D eigenvalue weighted by atomic mass is 32.2. The molecule has 0 fully saturated rings. The molecule has 27 heavy (non-hydrogen) atoms. The average Bonchev–Trinajstić information content (AvgIpc) is 2.58. The van der Waals surface area contributed by atoms with Crippen molar-refractivity contribution in [2.75, 3.05) is 23.2 Å². The predicted molar refractivity (Wildman–Crippen MR) is 108 cm³/mol. The van der Waals surface area contributed by atoms with E-state index in [0.29, 0.717) is 5.69 Å². The molecule has 0 aliphatic carbocycles. The van der Waals surface area contributed by atoms with E-state index in [9.17, 15) is 18.3 Å². The Morgan fingerprint density at radius 3 is 2.30 bits per heavy atom. The van der Waals surface area contributed by atoms with E-state index in [1.807, 2.05) is 31.9 Å². The highest BCUT2D eigenvalue weighted by molar-refractivity contribution is 7.92. The summed E-state index contributed by atoms with van der Waals surface area (Å²) in [7, 11) is -1.97. The van der Waals surface area contributed by atoms with E-state index in [0.717, 1.165) is 30.5 Å². The number of carboxylic acids is 1. The SMILES string of the molecule is CCCCN(C)c1ccc(NS(=O)(=O)c2cc(C)cc(C)c2)cc1C(=O)O. The molecule has 0 heterocycles. The average molecular weight is 391 g/mol. The third kappa shape index (κ3) is 5.23. The molecule has 0 aliphatic rings. The lowest BCUT2D eigenvalue weighted by atomic mass is 10.1. The van der Waals surface area contributed by atoms with Crippen LogP contribution in [0.1, 0.15) is 41.3 Å². The Labute approximate surface area is 160 Å². The van der Waals surface area contributed by atoms with Crippen LogP contribution in [0.5, 0.6) is 0 Å². The Morgan fingerprint density at radius 2 is 1.74 bits per heavy atom. The van der Waals surface area contributed by atoms with E-state index in [2.05, 4.69) is 11.6 Å². The first-order chi connectivity index (χ1) is 12.6. The number of unbranched alkanes of at least 4 members (excludes halogenated alkanes) is 1. The number of carboxylic acid groups (broad SMARTS) is 1. The number of sulfonamides is 1. The summed E-state index contributed by atoms with van der Waals surface area (Å²) in [6.45, 7) is 6.45. The molecule has 0 unspecified atom stereocenters. The molecular formula is C20H26N2O4S. The van der Waals surface area contributed by atoms with Gasteiger partial charge in [-0.1, -0.05) is 19.4 Å². The van der Waals surface area contributed by atoms with E-state index in [4.69, 9.17) is 0 Å². The summed E-state index contributed by atoms with van der Waals surface area (Å²) >= 11 is 0. The molecule has 0 saturated heterocycles. The molecule has 0 bridgehead atoms. The fourth-order valence-electron chi connectivity index (χ4n) is 2.92. The lowest BCUT2D eigenvalue weighted by Crippen LogP contribution is -2.21. The second-order valence-electron chi connectivity index (χ2n) is 6.74. The minimum atomic E-state index is -3.80. The van der Waals surface area contributed by atoms with Crippen molar-refractivity contribution < 1.29 is 18.3 Å². The highest BCUT2D eigenvalue weighted by Gasteiger charge is 2.19. The van der Waals surface area contributed by atoms with E-state index in [-0.39, 0.29) is 16.1 Å². The quantitative estimate of drug-likeness (QED) is 0.710. The number of anilines is 2. The Hall–Kier alpha value is -2.54. The molecule has 6 nitrogen and oxygen atoms in total. The van der Waals surface area contributed by atoms with Crippen molar-refractivity contribution in [3.05, 3.63) is 53.1 Å². The summed E-state index contributed by atoms with van der Waals surface area (Å²) < 4.78 is 27.8. The van der Waals surface area contributed by atoms with Crippen molar-refractivity contribution in [1.82, 2.24) is 0 Å². The van der Waals surface area contributed by atoms with Crippen molar-refractivity contribution in [3.8, 4) is 0 Å². The van der Waals surface area contributed by atoms with Crippen LogP contribution in [0.15, 0.2) is 41.3 Å². The van der Waals surface area contributed by atoms with Crippen molar-refractivity contribution >= 4 is 27.4 Å². The van der Waals surface area contributed by atoms with Crippen LogP contribution >= 0.6 is 0 Å². The van der Waals surface area contributed by atoms with Gasteiger partial charge in [0.25, 0.3) is 10.0 Å². The van der Waals surface area contributed by atoms with Crippen LogP contribution in [-0.4, -0.2) is 33.1 Å². The molecule has 7 heteroatoms. The second kappa shape index (κ2) is 8.43. The van der Waals surface area contributed by atoms with Crippen LogP contribution in [0.4, 0.5) is 11.4 Å². The first kappa shape index (κ1) is 20.8. The summed E-state index contributed by atoms with van der Waals surface area (Å²) in [5.41, 5.74) is 2.53. The number of hydrogen-bond donors (Lipinski definition) is 2. The van der Waals surface area contributed by atoms with E-state index in [1.54, 1.807) is 24.3 Å².